The molecule has 3 rings (SSSR count). The van der Waals surface area contributed by atoms with E-state index in [1.54, 1.807) is 6.08 Å². The Kier molecular flexibility index (Phi) is 6.47. The second kappa shape index (κ2) is 9.01. The van der Waals surface area contributed by atoms with Crippen LogP contribution in [0.3, 0.4) is 0 Å². The number of aromatic nitrogens is 3. The highest BCUT2D eigenvalue weighted by Crippen LogP contribution is 2.25. The Hall–Kier alpha value is -2.38. The minimum absolute atomic E-state index is 0.0941. The van der Waals surface area contributed by atoms with Crippen LogP contribution in [-0.2, 0) is 11.3 Å². The van der Waals surface area contributed by atoms with E-state index in [1.165, 1.54) is 11.8 Å². The van der Waals surface area contributed by atoms with Crippen molar-refractivity contribution in [2.24, 2.45) is 0 Å². The van der Waals surface area contributed by atoms with Gasteiger partial charge in [0.05, 0.1) is 5.75 Å². The fraction of sp³-hybridized carbons (Fsp3) is 0.150. The van der Waals surface area contributed by atoms with Crippen molar-refractivity contribution in [1.82, 2.24) is 14.8 Å². The van der Waals surface area contributed by atoms with Gasteiger partial charge in [0.1, 0.15) is 0 Å². The van der Waals surface area contributed by atoms with Crippen molar-refractivity contribution in [2.45, 2.75) is 18.6 Å². The lowest BCUT2D eigenvalue weighted by Crippen LogP contribution is -2.14. The number of hydrogen-bond acceptors (Lipinski definition) is 4. The lowest BCUT2D eigenvalue weighted by molar-refractivity contribution is -0.113. The molecule has 2 aromatic carbocycles. The first-order valence-electron chi connectivity index (χ1n) is 8.36. The van der Waals surface area contributed by atoms with Crippen molar-refractivity contribution in [1.29, 1.82) is 0 Å². The number of nitrogens with one attached hydrogen (secondary N) is 1. The number of hydrogen-bond donors (Lipinski definition) is 1. The summed E-state index contributed by atoms with van der Waals surface area (Å²) in [7, 11) is 0. The molecule has 138 valence electrons. The number of amides is 1. The third kappa shape index (κ3) is 5.08. The van der Waals surface area contributed by atoms with Crippen molar-refractivity contribution in [3.05, 3.63) is 71.2 Å². The highest BCUT2D eigenvalue weighted by atomic mass is 79.9. The third-order valence-electron chi connectivity index (χ3n) is 3.75. The summed E-state index contributed by atoms with van der Waals surface area (Å²) >= 11 is 4.75. The number of thioether (sulfide) groups is 1. The van der Waals surface area contributed by atoms with Gasteiger partial charge >= 0.3 is 0 Å². The number of aryl methyl sites for hydroxylation is 1. The zero-order valence-corrected chi connectivity index (χ0v) is 17.3. The van der Waals surface area contributed by atoms with Crippen LogP contribution in [0.15, 0.2) is 70.8 Å². The van der Waals surface area contributed by atoms with Crippen LogP contribution in [0.4, 0.5) is 5.69 Å². The predicted octanol–water partition coefficient (Wildman–Crippen LogP) is 4.93. The molecule has 7 heteroatoms. The lowest BCUT2D eigenvalue weighted by Gasteiger charge is -2.09. The van der Waals surface area contributed by atoms with E-state index in [2.05, 4.69) is 44.1 Å². The van der Waals surface area contributed by atoms with E-state index in [4.69, 9.17) is 0 Å². The summed E-state index contributed by atoms with van der Waals surface area (Å²) in [5.74, 6) is 0.923. The monoisotopic (exact) mass is 442 g/mol. The summed E-state index contributed by atoms with van der Waals surface area (Å²) in [6.45, 7) is 6.44. The largest absolute Gasteiger partial charge is 0.325 e. The van der Waals surface area contributed by atoms with Crippen LogP contribution in [-0.4, -0.2) is 26.4 Å². The number of benzene rings is 2. The Balaban J connectivity index is 1.73. The molecule has 0 radical (unpaired) electrons. The molecule has 1 aromatic heterocycles. The molecule has 1 heterocycles. The average Bonchev–Trinajstić information content (AvgIpc) is 3.03. The first-order chi connectivity index (χ1) is 13.1. The van der Waals surface area contributed by atoms with Gasteiger partial charge in [0.25, 0.3) is 0 Å². The van der Waals surface area contributed by atoms with Gasteiger partial charge in [0, 0.05) is 22.3 Å². The molecule has 0 unspecified atom stereocenters. The van der Waals surface area contributed by atoms with Gasteiger partial charge in [-0.15, -0.1) is 16.8 Å². The Bertz CT molecular complexity index is 970. The third-order valence-corrected chi connectivity index (χ3v) is 5.21. The zero-order valence-electron chi connectivity index (χ0n) is 14.9. The molecule has 0 aliphatic rings. The van der Waals surface area contributed by atoms with E-state index < -0.39 is 0 Å². The van der Waals surface area contributed by atoms with Gasteiger partial charge in [0.15, 0.2) is 11.0 Å². The molecule has 0 aliphatic carbocycles. The minimum atomic E-state index is -0.0941. The second-order valence-corrected chi connectivity index (χ2v) is 7.78. The normalized spacial score (nSPS) is 10.6. The number of nitrogens with zero attached hydrogens (tertiary/aromatic N) is 3. The SMILES string of the molecule is C=CCn1c(SCC(=O)Nc2cccc(Br)c2)nnc1-c1cccc(C)c1. The van der Waals surface area contributed by atoms with Crippen molar-refractivity contribution < 1.29 is 4.79 Å². The maximum atomic E-state index is 12.3. The van der Waals surface area contributed by atoms with Crippen LogP contribution in [0.1, 0.15) is 5.56 Å². The van der Waals surface area contributed by atoms with E-state index in [1.807, 2.05) is 54.0 Å². The molecule has 1 amide bonds. The Morgan fingerprint density at radius 2 is 2.07 bits per heavy atom. The van der Waals surface area contributed by atoms with Gasteiger partial charge < -0.3 is 5.32 Å². The van der Waals surface area contributed by atoms with E-state index in [-0.39, 0.29) is 11.7 Å². The van der Waals surface area contributed by atoms with E-state index in [0.29, 0.717) is 11.7 Å². The predicted molar refractivity (Wildman–Crippen MR) is 114 cm³/mol. The molecule has 0 aliphatic heterocycles. The summed E-state index contributed by atoms with van der Waals surface area (Å²) in [5.41, 5.74) is 2.90. The van der Waals surface area contributed by atoms with Gasteiger partial charge in [-0.25, -0.2) is 0 Å². The maximum absolute atomic E-state index is 12.3. The molecule has 0 saturated heterocycles. The molecule has 0 bridgehead atoms. The molecule has 27 heavy (non-hydrogen) atoms. The first kappa shape index (κ1) is 19.4. The quantitative estimate of drug-likeness (QED) is 0.416. The van der Waals surface area contributed by atoms with Crippen LogP contribution in [0.5, 0.6) is 0 Å². The fourth-order valence-electron chi connectivity index (χ4n) is 2.58. The number of carbonyl (C=O) groups is 1. The maximum Gasteiger partial charge on any atom is 0.234 e. The summed E-state index contributed by atoms with van der Waals surface area (Å²) in [4.78, 5) is 12.3. The highest BCUT2D eigenvalue weighted by Gasteiger charge is 2.15. The summed E-state index contributed by atoms with van der Waals surface area (Å²) < 4.78 is 2.89. The first-order valence-corrected chi connectivity index (χ1v) is 10.1. The van der Waals surface area contributed by atoms with Crippen LogP contribution < -0.4 is 5.32 Å². The van der Waals surface area contributed by atoms with Crippen LogP contribution in [0, 0.1) is 6.92 Å². The van der Waals surface area contributed by atoms with Gasteiger partial charge in [0.2, 0.25) is 5.91 Å². The van der Waals surface area contributed by atoms with Crippen LogP contribution in [0.25, 0.3) is 11.4 Å². The standard InChI is InChI=1S/C20H19BrN4OS/c1-3-10-25-19(15-7-4-6-14(2)11-15)23-24-20(25)27-13-18(26)22-17-9-5-8-16(21)12-17/h3-9,11-12H,1,10,13H2,2H3,(H,22,26). The van der Waals surface area contributed by atoms with Crippen molar-refractivity contribution in [2.75, 3.05) is 11.1 Å². The molecule has 0 saturated carbocycles. The smallest absolute Gasteiger partial charge is 0.234 e. The Morgan fingerprint density at radius 1 is 1.26 bits per heavy atom. The summed E-state index contributed by atoms with van der Waals surface area (Å²) in [6.07, 6.45) is 1.80. The van der Waals surface area contributed by atoms with Crippen LogP contribution in [0.2, 0.25) is 0 Å². The molecular formula is C20H19BrN4OS. The highest BCUT2D eigenvalue weighted by molar-refractivity contribution is 9.10. The Labute approximate surface area is 171 Å². The number of halogens is 1. The fourth-order valence-corrected chi connectivity index (χ4v) is 3.73. The number of carbonyl (C=O) groups excluding carboxylic acids is 1. The van der Waals surface area contributed by atoms with E-state index in [0.717, 1.165) is 27.1 Å². The number of allylic oxidation sites excluding steroid dienone is 1. The molecule has 0 spiro atoms. The van der Waals surface area contributed by atoms with Gasteiger partial charge in [-0.05, 0) is 31.2 Å². The van der Waals surface area contributed by atoms with Gasteiger partial charge in [-0.2, -0.15) is 0 Å². The summed E-state index contributed by atoms with van der Waals surface area (Å²) in [5, 5.41) is 12.2. The van der Waals surface area contributed by atoms with Crippen molar-refractivity contribution >= 4 is 39.3 Å². The average molecular weight is 443 g/mol. The van der Waals surface area contributed by atoms with Gasteiger partial charge in [-0.3, -0.25) is 9.36 Å². The summed E-state index contributed by atoms with van der Waals surface area (Å²) in [6, 6.07) is 15.6. The molecule has 3 aromatic rings. The van der Waals surface area contributed by atoms with Crippen molar-refractivity contribution in [3.8, 4) is 11.4 Å². The molecule has 0 fully saturated rings. The van der Waals surface area contributed by atoms with E-state index in [9.17, 15) is 4.79 Å². The van der Waals surface area contributed by atoms with Gasteiger partial charge in [-0.1, -0.05) is 63.6 Å². The molecule has 1 N–H and O–H groups in total. The number of anilines is 1. The van der Waals surface area contributed by atoms with E-state index >= 15 is 0 Å². The second-order valence-electron chi connectivity index (χ2n) is 5.92. The zero-order chi connectivity index (χ0) is 19.2. The minimum Gasteiger partial charge on any atom is -0.325 e. The topological polar surface area (TPSA) is 59.8 Å². The number of rotatable bonds is 7. The molecule has 5 nitrogen and oxygen atoms in total. The van der Waals surface area contributed by atoms with Crippen molar-refractivity contribution in [3.63, 3.8) is 0 Å². The molecular weight excluding hydrogens is 424 g/mol. The lowest BCUT2D eigenvalue weighted by atomic mass is 10.1. The molecule has 0 atom stereocenters. The van der Waals surface area contributed by atoms with Crippen LogP contribution >= 0.6 is 27.7 Å². The Morgan fingerprint density at radius 3 is 2.81 bits per heavy atom.